The van der Waals surface area contributed by atoms with E-state index in [0.29, 0.717) is 12.2 Å². The standard InChI is InChI=1S/C6H13NO2S/c1-2-6-7-4-3-5-10(6,8)9/h6-7H,2-5H2,1H3. The Kier molecular flexibility index (Phi) is 2.31. The minimum absolute atomic E-state index is 0.277. The van der Waals surface area contributed by atoms with Crippen molar-refractivity contribution in [2.45, 2.75) is 25.1 Å². The minimum Gasteiger partial charge on any atom is -0.301 e. The molecule has 10 heavy (non-hydrogen) atoms. The Morgan fingerprint density at radius 2 is 2.30 bits per heavy atom. The Morgan fingerprint density at radius 1 is 1.60 bits per heavy atom. The Balaban J connectivity index is 2.70. The van der Waals surface area contributed by atoms with Gasteiger partial charge in [0, 0.05) is 0 Å². The van der Waals surface area contributed by atoms with Crippen LogP contribution in [0.4, 0.5) is 0 Å². The highest BCUT2D eigenvalue weighted by Gasteiger charge is 2.25. The van der Waals surface area contributed by atoms with E-state index in [9.17, 15) is 8.42 Å². The van der Waals surface area contributed by atoms with Gasteiger partial charge in [0.1, 0.15) is 5.37 Å². The first-order valence-corrected chi connectivity index (χ1v) is 5.33. The molecule has 0 aromatic heterocycles. The van der Waals surface area contributed by atoms with Crippen LogP contribution in [0.3, 0.4) is 0 Å². The van der Waals surface area contributed by atoms with Crippen LogP contribution in [0, 0.1) is 0 Å². The highest BCUT2D eigenvalue weighted by molar-refractivity contribution is 7.92. The van der Waals surface area contributed by atoms with Gasteiger partial charge in [0.05, 0.1) is 5.75 Å². The highest BCUT2D eigenvalue weighted by Crippen LogP contribution is 2.09. The van der Waals surface area contributed by atoms with Crippen molar-refractivity contribution >= 4 is 9.84 Å². The van der Waals surface area contributed by atoms with E-state index in [1.165, 1.54) is 0 Å². The Bertz CT molecular complexity index is 198. The van der Waals surface area contributed by atoms with E-state index < -0.39 is 9.84 Å². The van der Waals surface area contributed by atoms with Gasteiger partial charge in [0.25, 0.3) is 0 Å². The van der Waals surface area contributed by atoms with Crippen LogP contribution >= 0.6 is 0 Å². The Hall–Kier alpha value is -0.0900. The molecule has 0 aliphatic carbocycles. The largest absolute Gasteiger partial charge is 0.301 e. The fraction of sp³-hybridized carbons (Fsp3) is 1.00. The zero-order valence-corrected chi connectivity index (χ0v) is 6.95. The van der Waals surface area contributed by atoms with Crippen LogP contribution in [0.2, 0.25) is 0 Å². The molecule has 0 radical (unpaired) electrons. The molecule has 1 fully saturated rings. The summed E-state index contributed by atoms with van der Waals surface area (Å²) in [5.41, 5.74) is 0. The number of hydrogen-bond acceptors (Lipinski definition) is 3. The molecule has 1 heterocycles. The molecule has 0 amide bonds. The first-order valence-electron chi connectivity index (χ1n) is 3.62. The highest BCUT2D eigenvalue weighted by atomic mass is 32.2. The number of sulfone groups is 1. The summed E-state index contributed by atoms with van der Waals surface area (Å²) in [5.74, 6) is 0.360. The molecule has 1 aliphatic heterocycles. The van der Waals surface area contributed by atoms with Gasteiger partial charge in [-0.25, -0.2) is 8.42 Å². The first kappa shape index (κ1) is 8.01. The quantitative estimate of drug-likeness (QED) is 0.597. The van der Waals surface area contributed by atoms with Crippen molar-refractivity contribution in [1.29, 1.82) is 0 Å². The molecular weight excluding hydrogens is 150 g/mol. The molecule has 60 valence electrons. The summed E-state index contributed by atoms with van der Waals surface area (Å²) >= 11 is 0. The van der Waals surface area contributed by atoms with Gasteiger partial charge in [-0.05, 0) is 19.4 Å². The van der Waals surface area contributed by atoms with Crippen molar-refractivity contribution in [3.8, 4) is 0 Å². The lowest BCUT2D eigenvalue weighted by Crippen LogP contribution is -2.43. The van der Waals surface area contributed by atoms with Gasteiger partial charge in [0.15, 0.2) is 9.84 Å². The molecule has 0 aromatic carbocycles. The topological polar surface area (TPSA) is 46.2 Å². The average Bonchev–Trinajstić information content (AvgIpc) is 1.87. The van der Waals surface area contributed by atoms with Crippen molar-refractivity contribution < 1.29 is 8.42 Å². The third-order valence-corrected chi connectivity index (χ3v) is 4.01. The molecular formula is C6H13NO2S. The summed E-state index contributed by atoms with van der Waals surface area (Å²) in [6, 6.07) is 0. The third-order valence-electron chi connectivity index (χ3n) is 1.78. The van der Waals surface area contributed by atoms with E-state index in [1.54, 1.807) is 0 Å². The van der Waals surface area contributed by atoms with Crippen LogP contribution in [0.5, 0.6) is 0 Å². The third kappa shape index (κ3) is 1.49. The first-order chi connectivity index (χ1) is 4.67. The lowest BCUT2D eigenvalue weighted by atomic mass is 10.4. The monoisotopic (exact) mass is 163 g/mol. The molecule has 1 rings (SSSR count). The zero-order chi connectivity index (χ0) is 7.61. The summed E-state index contributed by atoms with van der Waals surface area (Å²) in [5, 5.41) is 2.69. The molecule has 0 saturated carbocycles. The molecule has 1 unspecified atom stereocenters. The summed E-state index contributed by atoms with van der Waals surface area (Å²) in [6.45, 7) is 2.73. The second-order valence-electron chi connectivity index (χ2n) is 2.57. The van der Waals surface area contributed by atoms with E-state index in [1.807, 2.05) is 6.92 Å². The maximum absolute atomic E-state index is 11.2. The summed E-state index contributed by atoms with van der Waals surface area (Å²) in [4.78, 5) is 0. The molecule has 1 aliphatic rings. The molecule has 0 aromatic rings. The summed E-state index contributed by atoms with van der Waals surface area (Å²) in [6.07, 6.45) is 1.45. The minimum atomic E-state index is -2.78. The molecule has 0 bridgehead atoms. The Morgan fingerprint density at radius 3 is 2.70 bits per heavy atom. The smallest absolute Gasteiger partial charge is 0.166 e. The van der Waals surface area contributed by atoms with Gasteiger partial charge >= 0.3 is 0 Å². The van der Waals surface area contributed by atoms with E-state index in [0.717, 1.165) is 13.0 Å². The van der Waals surface area contributed by atoms with Crippen molar-refractivity contribution in [3.05, 3.63) is 0 Å². The number of rotatable bonds is 1. The van der Waals surface area contributed by atoms with Gasteiger partial charge in [-0.15, -0.1) is 0 Å². The van der Waals surface area contributed by atoms with Crippen molar-refractivity contribution in [3.63, 3.8) is 0 Å². The van der Waals surface area contributed by atoms with Crippen LogP contribution in [-0.4, -0.2) is 26.1 Å². The molecule has 1 N–H and O–H groups in total. The Labute approximate surface area is 61.7 Å². The number of nitrogens with one attached hydrogen (secondary N) is 1. The lowest BCUT2D eigenvalue weighted by Gasteiger charge is -2.22. The van der Waals surface area contributed by atoms with Gasteiger partial charge in [-0.1, -0.05) is 6.92 Å². The fourth-order valence-corrected chi connectivity index (χ4v) is 2.91. The van der Waals surface area contributed by atoms with Crippen LogP contribution in [-0.2, 0) is 9.84 Å². The van der Waals surface area contributed by atoms with E-state index >= 15 is 0 Å². The van der Waals surface area contributed by atoms with Gasteiger partial charge in [0.2, 0.25) is 0 Å². The molecule has 4 heteroatoms. The van der Waals surface area contributed by atoms with Gasteiger partial charge in [-0.3, -0.25) is 0 Å². The molecule has 0 spiro atoms. The fourth-order valence-electron chi connectivity index (χ4n) is 1.20. The second-order valence-corrected chi connectivity index (χ2v) is 4.87. The molecule has 1 atom stereocenters. The molecule has 3 nitrogen and oxygen atoms in total. The second kappa shape index (κ2) is 2.88. The van der Waals surface area contributed by atoms with Gasteiger partial charge < -0.3 is 5.32 Å². The van der Waals surface area contributed by atoms with Crippen molar-refractivity contribution in [2.75, 3.05) is 12.3 Å². The summed E-state index contributed by atoms with van der Waals surface area (Å²) in [7, 11) is -2.78. The SMILES string of the molecule is CCC1NCCCS1(=O)=O. The van der Waals surface area contributed by atoms with Crippen molar-refractivity contribution in [2.24, 2.45) is 0 Å². The van der Waals surface area contributed by atoms with Crippen molar-refractivity contribution in [1.82, 2.24) is 5.32 Å². The van der Waals surface area contributed by atoms with Crippen LogP contribution < -0.4 is 5.32 Å². The van der Waals surface area contributed by atoms with Crippen LogP contribution in [0.15, 0.2) is 0 Å². The maximum atomic E-state index is 11.2. The average molecular weight is 163 g/mol. The van der Waals surface area contributed by atoms with E-state index in [-0.39, 0.29) is 5.37 Å². The molecule has 1 saturated heterocycles. The summed E-state index contributed by atoms with van der Waals surface area (Å²) < 4.78 is 22.3. The maximum Gasteiger partial charge on any atom is 0.166 e. The van der Waals surface area contributed by atoms with Gasteiger partial charge in [-0.2, -0.15) is 0 Å². The number of hydrogen-bond donors (Lipinski definition) is 1. The zero-order valence-electron chi connectivity index (χ0n) is 6.13. The van der Waals surface area contributed by atoms with Crippen LogP contribution in [0.25, 0.3) is 0 Å². The predicted octanol–water partition coefficient (Wildman–Crippen LogP) is 0.131. The predicted molar refractivity (Wildman–Crippen MR) is 40.5 cm³/mol. The van der Waals surface area contributed by atoms with E-state index in [4.69, 9.17) is 0 Å². The van der Waals surface area contributed by atoms with E-state index in [2.05, 4.69) is 5.32 Å². The van der Waals surface area contributed by atoms with Crippen LogP contribution in [0.1, 0.15) is 19.8 Å². The lowest BCUT2D eigenvalue weighted by molar-refractivity contribution is 0.515. The normalized spacial score (nSPS) is 31.9.